The molecule has 1 heterocycles. The average molecular weight is 277 g/mol. The molecule has 106 valence electrons. The molecular formula is C14H15NO5. The number of ether oxygens (including phenoxy) is 2. The number of rotatable bonds is 3. The lowest BCUT2D eigenvalue weighted by molar-refractivity contribution is -0.147. The molecule has 1 saturated heterocycles. The van der Waals surface area contributed by atoms with Crippen LogP contribution in [0.15, 0.2) is 24.3 Å². The summed E-state index contributed by atoms with van der Waals surface area (Å²) in [7, 11) is 2.73. The summed E-state index contributed by atoms with van der Waals surface area (Å²) in [6.45, 7) is -0.0165. The van der Waals surface area contributed by atoms with E-state index in [-0.39, 0.29) is 24.8 Å². The molecule has 0 saturated carbocycles. The molecule has 0 aliphatic carbocycles. The highest BCUT2D eigenvalue weighted by atomic mass is 16.5. The SMILES string of the molecule is COC(=O)C1CN(C(=O)c2cccc(OC)c2)CC1=O. The Labute approximate surface area is 116 Å². The molecule has 1 aliphatic heterocycles. The first-order valence-electron chi connectivity index (χ1n) is 6.10. The molecule has 6 heteroatoms. The molecule has 20 heavy (non-hydrogen) atoms. The molecule has 0 radical (unpaired) electrons. The Hall–Kier alpha value is -2.37. The van der Waals surface area contributed by atoms with Gasteiger partial charge in [-0.2, -0.15) is 0 Å². The maximum absolute atomic E-state index is 12.3. The van der Waals surface area contributed by atoms with Gasteiger partial charge in [-0.15, -0.1) is 0 Å². The van der Waals surface area contributed by atoms with Gasteiger partial charge in [-0.3, -0.25) is 14.4 Å². The van der Waals surface area contributed by atoms with Crippen molar-refractivity contribution < 1.29 is 23.9 Å². The van der Waals surface area contributed by atoms with Crippen LogP contribution >= 0.6 is 0 Å². The maximum atomic E-state index is 12.3. The fraction of sp³-hybridized carbons (Fsp3) is 0.357. The standard InChI is InChI=1S/C14H15NO5/c1-19-10-5-3-4-9(6-10)13(17)15-7-11(12(16)8-15)14(18)20-2/h3-6,11H,7-8H2,1-2H3. The van der Waals surface area contributed by atoms with Gasteiger partial charge in [-0.05, 0) is 18.2 Å². The molecule has 6 nitrogen and oxygen atoms in total. The number of likely N-dealkylation sites (tertiary alicyclic amines) is 1. The zero-order valence-corrected chi connectivity index (χ0v) is 11.3. The number of nitrogens with zero attached hydrogens (tertiary/aromatic N) is 1. The van der Waals surface area contributed by atoms with Gasteiger partial charge in [-0.1, -0.05) is 6.07 Å². The van der Waals surface area contributed by atoms with E-state index in [4.69, 9.17) is 4.74 Å². The van der Waals surface area contributed by atoms with Crippen LogP contribution in [0.5, 0.6) is 5.75 Å². The minimum absolute atomic E-state index is 0.0571. The minimum atomic E-state index is -0.880. The molecule has 1 atom stereocenters. The van der Waals surface area contributed by atoms with Crippen LogP contribution in [0.4, 0.5) is 0 Å². The highest BCUT2D eigenvalue weighted by Gasteiger charge is 2.39. The molecule has 0 bridgehead atoms. The van der Waals surface area contributed by atoms with Crippen molar-refractivity contribution in [1.82, 2.24) is 4.90 Å². The fourth-order valence-electron chi connectivity index (χ4n) is 2.13. The fourth-order valence-corrected chi connectivity index (χ4v) is 2.13. The van der Waals surface area contributed by atoms with Crippen molar-refractivity contribution in [1.29, 1.82) is 0 Å². The summed E-state index contributed by atoms with van der Waals surface area (Å²) in [5.74, 6) is -1.52. The minimum Gasteiger partial charge on any atom is -0.497 e. The van der Waals surface area contributed by atoms with E-state index in [1.54, 1.807) is 24.3 Å². The summed E-state index contributed by atoms with van der Waals surface area (Å²) < 4.78 is 9.61. The predicted molar refractivity (Wildman–Crippen MR) is 69.4 cm³/mol. The Kier molecular flexibility index (Phi) is 4.02. The van der Waals surface area contributed by atoms with Crippen LogP contribution in [-0.2, 0) is 14.3 Å². The first kappa shape index (κ1) is 14.0. The second-order valence-electron chi connectivity index (χ2n) is 4.46. The molecule has 1 aliphatic rings. The van der Waals surface area contributed by atoms with Crippen LogP contribution in [0, 0.1) is 5.92 Å². The number of carbonyl (C=O) groups is 3. The number of methoxy groups -OCH3 is 2. The van der Waals surface area contributed by atoms with Gasteiger partial charge in [0.25, 0.3) is 5.91 Å². The number of ketones is 1. The van der Waals surface area contributed by atoms with Crippen molar-refractivity contribution >= 4 is 17.7 Å². The monoisotopic (exact) mass is 277 g/mol. The lowest BCUT2D eigenvalue weighted by Gasteiger charge is -2.15. The average Bonchev–Trinajstić information content (AvgIpc) is 2.87. The topological polar surface area (TPSA) is 72.9 Å². The van der Waals surface area contributed by atoms with Crippen molar-refractivity contribution in [2.24, 2.45) is 5.92 Å². The van der Waals surface area contributed by atoms with E-state index >= 15 is 0 Å². The lowest BCUT2D eigenvalue weighted by Crippen LogP contribution is -2.30. The number of esters is 1. The second-order valence-corrected chi connectivity index (χ2v) is 4.46. The zero-order valence-electron chi connectivity index (χ0n) is 11.3. The van der Waals surface area contributed by atoms with Crippen molar-refractivity contribution in [3.05, 3.63) is 29.8 Å². The second kappa shape index (κ2) is 5.73. The Bertz CT molecular complexity index is 554. The number of hydrogen-bond acceptors (Lipinski definition) is 5. The van der Waals surface area contributed by atoms with E-state index < -0.39 is 11.9 Å². The van der Waals surface area contributed by atoms with Crippen molar-refractivity contribution in [2.45, 2.75) is 0 Å². The third-order valence-electron chi connectivity index (χ3n) is 3.23. The number of amides is 1. The van der Waals surface area contributed by atoms with Gasteiger partial charge < -0.3 is 14.4 Å². The van der Waals surface area contributed by atoms with Gasteiger partial charge in [0.15, 0.2) is 5.78 Å². The zero-order chi connectivity index (χ0) is 14.7. The third-order valence-corrected chi connectivity index (χ3v) is 3.23. The van der Waals surface area contributed by atoms with E-state index in [2.05, 4.69) is 4.74 Å². The molecule has 0 aromatic heterocycles. The van der Waals surface area contributed by atoms with Crippen LogP contribution < -0.4 is 4.74 Å². The summed E-state index contributed by atoms with van der Waals surface area (Å²) in [5.41, 5.74) is 0.419. The molecule has 2 rings (SSSR count). The van der Waals surface area contributed by atoms with E-state index in [9.17, 15) is 14.4 Å². The van der Waals surface area contributed by atoms with Gasteiger partial charge in [-0.25, -0.2) is 0 Å². The first-order chi connectivity index (χ1) is 9.56. The lowest BCUT2D eigenvalue weighted by atomic mass is 10.1. The predicted octanol–water partition coefficient (Wildman–Crippen LogP) is 0.509. The third kappa shape index (κ3) is 2.64. The Morgan fingerprint density at radius 1 is 1.30 bits per heavy atom. The Morgan fingerprint density at radius 3 is 2.70 bits per heavy atom. The summed E-state index contributed by atoms with van der Waals surface area (Å²) in [4.78, 5) is 36.8. The van der Waals surface area contributed by atoms with Crippen LogP contribution in [0.3, 0.4) is 0 Å². The van der Waals surface area contributed by atoms with Crippen molar-refractivity contribution in [3.63, 3.8) is 0 Å². The Morgan fingerprint density at radius 2 is 2.05 bits per heavy atom. The van der Waals surface area contributed by atoms with E-state index in [1.807, 2.05) is 0 Å². The quantitative estimate of drug-likeness (QED) is 0.594. The smallest absolute Gasteiger partial charge is 0.318 e. The summed E-state index contributed by atoms with van der Waals surface area (Å²) in [6.07, 6.45) is 0. The molecule has 1 aromatic rings. The Balaban J connectivity index is 2.14. The number of carbonyl (C=O) groups excluding carboxylic acids is 3. The molecule has 1 unspecified atom stereocenters. The summed E-state index contributed by atoms with van der Waals surface area (Å²) in [5, 5.41) is 0. The normalized spacial score (nSPS) is 18.0. The van der Waals surface area contributed by atoms with Gasteiger partial charge in [0.1, 0.15) is 11.7 Å². The van der Waals surface area contributed by atoms with E-state index in [0.29, 0.717) is 11.3 Å². The number of hydrogen-bond donors (Lipinski definition) is 0. The number of Topliss-reactive ketones (excluding diaryl/α,β-unsaturated/α-hetero) is 1. The van der Waals surface area contributed by atoms with Gasteiger partial charge in [0.2, 0.25) is 0 Å². The van der Waals surface area contributed by atoms with Gasteiger partial charge in [0.05, 0.1) is 20.8 Å². The highest BCUT2D eigenvalue weighted by Crippen LogP contribution is 2.19. The van der Waals surface area contributed by atoms with Crippen LogP contribution in [0.1, 0.15) is 10.4 Å². The molecular weight excluding hydrogens is 262 g/mol. The maximum Gasteiger partial charge on any atom is 0.318 e. The summed E-state index contributed by atoms with van der Waals surface area (Å²) in [6, 6.07) is 6.66. The van der Waals surface area contributed by atoms with Crippen LogP contribution in [-0.4, -0.2) is 49.9 Å². The number of benzene rings is 1. The largest absolute Gasteiger partial charge is 0.497 e. The summed E-state index contributed by atoms with van der Waals surface area (Å²) >= 11 is 0. The molecule has 1 fully saturated rings. The van der Waals surface area contributed by atoms with E-state index in [1.165, 1.54) is 19.1 Å². The highest BCUT2D eigenvalue weighted by molar-refractivity contribution is 6.06. The molecule has 1 aromatic carbocycles. The van der Waals surface area contributed by atoms with Crippen LogP contribution in [0.25, 0.3) is 0 Å². The van der Waals surface area contributed by atoms with Crippen LogP contribution in [0.2, 0.25) is 0 Å². The molecule has 0 spiro atoms. The molecule has 0 N–H and O–H groups in total. The first-order valence-corrected chi connectivity index (χ1v) is 6.10. The van der Waals surface area contributed by atoms with Gasteiger partial charge in [0, 0.05) is 12.1 Å². The van der Waals surface area contributed by atoms with Gasteiger partial charge >= 0.3 is 5.97 Å². The molecule has 1 amide bonds. The van der Waals surface area contributed by atoms with Crippen molar-refractivity contribution in [3.8, 4) is 5.75 Å². The van der Waals surface area contributed by atoms with E-state index in [0.717, 1.165) is 0 Å². The van der Waals surface area contributed by atoms with Crippen molar-refractivity contribution in [2.75, 3.05) is 27.3 Å².